The van der Waals surface area contributed by atoms with Gasteiger partial charge in [-0.2, -0.15) is 0 Å². The molecule has 0 aromatic carbocycles. The molecule has 2 rings (SSSR count). The number of aromatic nitrogens is 4. The number of nitrogens with zero attached hydrogens (tertiary/aromatic N) is 4. The number of rotatable bonds is 4. The van der Waals surface area contributed by atoms with E-state index in [-0.39, 0.29) is 11.2 Å². The zero-order valence-corrected chi connectivity index (χ0v) is 13.5. The van der Waals surface area contributed by atoms with E-state index >= 15 is 0 Å². The van der Waals surface area contributed by atoms with Crippen molar-refractivity contribution in [2.45, 2.75) is 26.2 Å². The minimum Gasteiger partial charge on any atom is -0.416 e. The summed E-state index contributed by atoms with van der Waals surface area (Å²) in [7, 11) is 1.51. The molecule has 0 atom stereocenters. The van der Waals surface area contributed by atoms with Crippen LogP contribution in [-0.2, 0) is 25.1 Å². The summed E-state index contributed by atoms with van der Waals surface area (Å²) >= 11 is 0. The Kier molecular flexibility index (Phi) is 3.70. The van der Waals surface area contributed by atoms with Crippen molar-refractivity contribution in [1.82, 2.24) is 18.7 Å². The van der Waals surface area contributed by atoms with Gasteiger partial charge in [0.2, 0.25) is 0 Å². The molecule has 0 spiro atoms. The van der Waals surface area contributed by atoms with E-state index in [0.29, 0.717) is 24.3 Å². The molecule has 0 aliphatic heterocycles. The van der Waals surface area contributed by atoms with Gasteiger partial charge in [-0.05, 0) is 19.6 Å². The normalized spacial score (nSPS) is 12.2. The molecule has 0 fully saturated rings. The Bertz CT molecular complexity index is 751. The Hall–Kier alpha value is -1.67. The Morgan fingerprint density at radius 1 is 1.20 bits per heavy atom. The van der Waals surface area contributed by atoms with Gasteiger partial charge in [-0.3, -0.25) is 13.9 Å². The smallest absolute Gasteiger partial charge is 0.332 e. The molecule has 0 amide bonds. The molecular weight excluding hydrogens is 276 g/mol. The SMILES string of the molecule is Cn1c(=O)c2c(ncn2CCO[Si](C)(C)C)n(C)c1=O. The third-order valence-corrected chi connectivity index (χ3v) is 4.15. The fourth-order valence-electron chi connectivity index (χ4n) is 2.02. The summed E-state index contributed by atoms with van der Waals surface area (Å²) in [5, 5.41) is 0. The molecule has 0 bridgehead atoms. The molecule has 2 aromatic rings. The lowest BCUT2D eigenvalue weighted by molar-refractivity contribution is 0.294. The van der Waals surface area contributed by atoms with Crippen LogP contribution in [0.4, 0.5) is 0 Å². The minimum absolute atomic E-state index is 0.325. The van der Waals surface area contributed by atoms with Gasteiger partial charge < -0.3 is 8.99 Å². The maximum Gasteiger partial charge on any atom is 0.332 e. The highest BCUT2D eigenvalue weighted by atomic mass is 28.4. The van der Waals surface area contributed by atoms with Crippen LogP contribution in [0.25, 0.3) is 11.2 Å². The van der Waals surface area contributed by atoms with Crippen LogP contribution < -0.4 is 11.2 Å². The van der Waals surface area contributed by atoms with Gasteiger partial charge in [0, 0.05) is 20.6 Å². The maximum atomic E-state index is 12.2. The van der Waals surface area contributed by atoms with Crippen LogP contribution in [0, 0.1) is 0 Å². The quantitative estimate of drug-likeness (QED) is 0.760. The molecule has 0 radical (unpaired) electrons. The zero-order valence-electron chi connectivity index (χ0n) is 12.5. The fourth-order valence-corrected chi connectivity index (χ4v) is 2.72. The molecule has 0 unspecified atom stereocenters. The first-order valence-electron chi connectivity index (χ1n) is 6.47. The van der Waals surface area contributed by atoms with Gasteiger partial charge in [0.1, 0.15) is 0 Å². The highest BCUT2D eigenvalue weighted by Crippen LogP contribution is 2.07. The van der Waals surface area contributed by atoms with Crippen molar-refractivity contribution >= 4 is 19.5 Å². The third-order valence-electron chi connectivity index (χ3n) is 3.08. The molecule has 0 aliphatic rings. The Morgan fingerprint density at radius 2 is 1.85 bits per heavy atom. The molecule has 0 saturated carbocycles. The van der Waals surface area contributed by atoms with E-state index in [2.05, 4.69) is 24.6 Å². The summed E-state index contributed by atoms with van der Waals surface area (Å²) in [6.45, 7) is 7.42. The Labute approximate surface area is 117 Å². The minimum atomic E-state index is -1.57. The second-order valence-corrected chi connectivity index (χ2v) is 10.3. The summed E-state index contributed by atoms with van der Waals surface area (Å²) in [6.07, 6.45) is 1.58. The number of imidazole rings is 1. The second kappa shape index (κ2) is 5.02. The van der Waals surface area contributed by atoms with Crippen molar-refractivity contribution < 1.29 is 4.43 Å². The standard InChI is InChI=1S/C12H20N4O3Si/c1-14-10-9(11(17)15(2)12(14)18)16(8-13-10)6-7-19-20(3,4)5/h8H,6-7H2,1-5H3. The Balaban J connectivity index is 2.42. The lowest BCUT2D eigenvalue weighted by atomic mass is 10.5. The first-order valence-corrected chi connectivity index (χ1v) is 9.88. The van der Waals surface area contributed by atoms with E-state index in [9.17, 15) is 9.59 Å². The van der Waals surface area contributed by atoms with E-state index in [4.69, 9.17) is 4.43 Å². The van der Waals surface area contributed by atoms with Crippen LogP contribution in [-0.4, -0.2) is 33.6 Å². The van der Waals surface area contributed by atoms with E-state index in [1.54, 1.807) is 17.9 Å². The van der Waals surface area contributed by atoms with Crippen LogP contribution in [0.1, 0.15) is 0 Å². The van der Waals surface area contributed by atoms with Gasteiger partial charge >= 0.3 is 5.69 Å². The second-order valence-electron chi connectivity index (χ2n) is 5.78. The zero-order chi connectivity index (χ0) is 15.1. The lowest BCUT2D eigenvalue weighted by Crippen LogP contribution is -2.37. The molecule has 7 nitrogen and oxygen atoms in total. The van der Waals surface area contributed by atoms with Crippen molar-refractivity contribution in [2.75, 3.05) is 6.61 Å². The van der Waals surface area contributed by atoms with Crippen molar-refractivity contribution in [3.05, 3.63) is 27.2 Å². The van der Waals surface area contributed by atoms with Crippen LogP contribution >= 0.6 is 0 Å². The topological polar surface area (TPSA) is 71.0 Å². The predicted molar refractivity (Wildman–Crippen MR) is 79.5 cm³/mol. The molecule has 110 valence electrons. The molecule has 2 aromatic heterocycles. The molecular formula is C12H20N4O3Si. The van der Waals surface area contributed by atoms with E-state index in [1.165, 1.54) is 11.6 Å². The summed E-state index contributed by atoms with van der Waals surface area (Å²) in [5.41, 5.74) is 0.152. The third kappa shape index (κ3) is 2.61. The fraction of sp³-hybridized carbons (Fsp3) is 0.583. The number of aryl methyl sites for hydroxylation is 1. The molecule has 2 heterocycles. The molecule has 20 heavy (non-hydrogen) atoms. The van der Waals surface area contributed by atoms with Crippen molar-refractivity contribution in [3.8, 4) is 0 Å². The van der Waals surface area contributed by atoms with Crippen LogP contribution in [0.5, 0.6) is 0 Å². The summed E-state index contributed by atoms with van der Waals surface area (Å²) < 4.78 is 10.0. The largest absolute Gasteiger partial charge is 0.416 e. The van der Waals surface area contributed by atoms with E-state index in [1.807, 2.05) is 0 Å². The van der Waals surface area contributed by atoms with Gasteiger partial charge in [-0.15, -0.1) is 0 Å². The average molecular weight is 296 g/mol. The molecule has 0 saturated heterocycles. The van der Waals surface area contributed by atoms with Crippen LogP contribution in [0.3, 0.4) is 0 Å². The van der Waals surface area contributed by atoms with Gasteiger partial charge in [0.25, 0.3) is 5.56 Å². The first kappa shape index (κ1) is 14.7. The number of hydrogen-bond donors (Lipinski definition) is 0. The van der Waals surface area contributed by atoms with Crippen molar-refractivity contribution in [2.24, 2.45) is 14.1 Å². The van der Waals surface area contributed by atoms with E-state index in [0.717, 1.165) is 4.57 Å². The summed E-state index contributed by atoms with van der Waals surface area (Å²) in [5.74, 6) is 0. The summed E-state index contributed by atoms with van der Waals surface area (Å²) in [4.78, 5) is 28.2. The average Bonchev–Trinajstić information content (AvgIpc) is 2.76. The van der Waals surface area contributed by atoms with Gasteiger partial charge in [0.05, 0.1) is 12.9 Å². The van der Waals surface area contributed by atoms with E-state index < -0.39 is 8.32 Å². The monoisotopic (exact) mass is 296 g/mol. The van der Waals surface area contributed by atoms with Gasteiger partial charge in [0.15, 0.2) is 19.5 Å². The lowest BCUT2D eigenvalue weighted by Gasteiger charge is -2.17. The molecule has 0 N–H and O–H groups in total. The number of fused-ring (bicyclic) bond motifs is 1. The molecule has 8 heteroatoms. The predicted octanol–water partition coefficient (Wildman–Crippen LogP) is 0.285. The maximum absolute atomic E-state index is 12.2. The van der Waals surface area contributed by atoms with Crippen molar-refractivity contribution in [3.63, 3.8) is 0 Å². The van der Waals surface area contributed by atoms with Gasteiger partial charge in [-0.25, -0.2) is 9.78 Å². The Morgan fingerprint density at radius 3 is 2.45 bits per heavy atom. The summed E-state index contributed by atoms with van der Waals surface area (Å²) in [6, 6.07) is 0. The van der Waals surface area contributed by atoms with Crippen LogP contribution in [0.15, 0.2) is 15.9 Å². The number of hydrogen-bond acceptors (Lipinski definition) is 4. The highest BCUT2D eigenvalue weighted by Gasteiger charge is 2.16. The van der Waals surface area contributed by atoms with Gasteiger partial charge in [-0.1, -0.05) is 0 Å². The van der Waals surface area contributed by atoms with Crippen LogP contribution in [0.2, 0.25) is 19.6 Å². The first-order chi connectivity index (χ1) is 9.22. The molecule has 0 aliphatic carbocycles. The highest BCUT2D eigenvalue weighted by molar-refractivity contribution is 6.69. The van der Waals surface area contributed by atoms with Crippen molar-refractivity contribution in [1.29, 1.82) is 0 Å².